The highest BCUT2D eigenvalue weighted by Crippen LogP contribution is 2.21. The Morgan fingerprint density at radius 3 is 2.58 bits per heavy atom. The molecule has 2 aromatic rings. The molecule has 0 aliphatic rings. The Kier molecular flexibility index (Phi) is 4.09. The molecule has 1 aromatic heterocycles. The van der Waals surface area contributed by atoms with E-state index in [-0.39, 0.29) is 6.42 Å². The lowest BCUT2D eigenvalue weighted by molar-refractivity contribution is 0.340. The van der Waals surface area contributed by atoms with Crippen molar-refractivity contribution in [2.75, 3.05) is 6.61 Å². The molecule has 0 N–H and O–H groups in total. The Bertz CT molecular complexity index is 600. The van der Waals surface area contributed by atoms with Gasteiger partial charge in [0, 0.05) is 11.3 Å². The van der Waals surface area contributed by atoms with E-state index in [1.54, 1.807) is 0 Å². The second kappa shape index (κ2) is 5.96. The van der Waals surface area contributed by atoms with E-state index in [0.29, 0.717) is 12.4 Å². The minimum atomic E-state index is 0.228. The SMILES string of the molecule is CCOc1ccc(-c2cc(C)nc(CC#N)n2)cc1. The van der Waals surface area contributed by atoms with Gasteiger partial charge in [0.05, 0.1) is 24.8 Å². The van der Waals surface area contributed by atoms with Crippen LogP contribution in [0.5, 0.6) is 5.75 Å². The zero-order valence-corrected chi connectivity index (χ0v) is 11.1. The fraction of sp³-hybridized carbons (Fsp3) is 0.267. The van der Waals surface area contributed by atoms with Crippen LogP contribution in [0, 0.1) is 18.3 Å². The number of benzene rings is 1. The molecule has 0 aliphatic carbocycles. The molecule has 0 radical (unpaired) electrons. The molecular weight excluding hydrogens is 238 g/mol. The summed E-state index contributed by atoms with van der Waals surface area (Å²) in [6.07, 6.45) is 0.228. The number of ether oxygens (including phenoxy) is 1. The van der Waals surface area contributed by atoms with Crippen molar-refractivity contribution >= 4 is 0 Å². The number of aryl methyl sites for hydroxylation is 1. The van der Waals surface area contributed by atoms with Gasteiger partial charge >= 0.3 is 0 Å². The van der Waals surface area contributed by atoms with E-state index in [9.17, 15) is 0 Å². The smallest absolute Gasteiger partial charge is 0.143 e. The summed E-state index contributed by atoms with van der Waals surface area (Å²) >= 11 is 0. The summed E-state index contributed by atoms with van der Waals surface area (Å²) in [6.45, 7) is 4.51. The summed E-state index contributed by atoms with van der Waals surface area (Å²) in [4.78, 5) is 8.63. The van der Waals surface area contributed by atoms with E-state index in [2.05, 4.69) is 16.0 Å². The van der Waals surface area contributed by atoms with Crippen LogP contribution in [0.2, 0.25) is 0 Å². The number of hydrogen-bond donors (Lipinski definition) is 0. The van der Waals surface area contributed by atoms with Crippen molar-refractivity contribution in [2.45, 2.75) is 20.3 Å². The van der Waals surface area contributed by atoms with Gasteiger partial charge < -0.3 is 4.74 Å². The van der Waals surface area contributed by atoms with Gasteiger partial charge in [0.15, 0.2) is 0 Å². The Labute approximate surface area is 112 Å². The van der Waals surface area contributed by atoms with Gasteiger partial charge in [-0.3, -0.25) is 0 Å². The van der Waals surface area contributed by atoms with Gasteiger partial charge in [-0.25, -0.2) is 9.97 Å². The molecule has 0 fully saturated rings. The summed E-state index contributed by atoms with van der Waals surface area (Å²) in [7, 11) is 0. The van der Waals surface area contributed by atoms with Gasteiger partial charge in [0.1, 0.15) is 11.6 Å². The third-order valence-electron chi connectivity index (χ3n) is 2.60. The molecule has 0 atom stereocenters. The standard InChI is InChI=1S/C15H15N3O/c1-3-19-13-6-4-12(5-7-13)14-10-11(2)17-15(18-14)8-9-16/h4-7,10H,3,8H2,1-2H3. The van der Waals surface area contributed by atoms with Crippen LogP contribution in [0.3, 0.4) is 0 Å². The molecular formula is C15H15N3O. The molecule has 4 heteroatoms. The predicted molar refractivity (Wildman–Crippen MR) is 72.7 cm³/mol. The molecule has 0 saturated carbocycles. The molecule has 19 heavy (non-hydrogen) atoms. The normalized spacial score (nSPS) is 9.95. The third-order valence-corrected chi connectivity index (χ3v) is 2.60. The van der Waals surface area contributed by atoms with E-state index in [4.69, 9.17) is 10.00 Å². The average Bonchev–Trinajstić information content (AvgIpc) is 2.40. The molecule has 4 nitrogen and oxygen atoms in total. The van der Waals surface area contributed by atoms with Crippen LogP contribution in [-0.2, 0) is 6.42 Å². The van der Waals surface area contributed by atoms with Crippen LogP contribution in [0.25, 0.3) is 11.3 Å². The highest BCUT2D eigenvalue weighted by molar-refractivity contribution is 5.60. The van der Waals surface area contributed by atoms with Crippen molar-refractivity contribution in [3.8, 4) is 23.1 Å². The molecule has 0 spiro atoms. The molecule has 0 bridgehead atoms. The number of rotatable bonds is 4. The number of nitriles is 1. The number of aromatic nitrogens is 2. The predicted octanol–water partition coefficient (Wildman–Crippen LogP) is 2.92. The van der Waals surface area contributed by atoms with Gasteiger partial charge in [-0.15, -0.1) is 0 Å². The van der Waals surface area contributed by atoms with Crippen molar-refractivity contribution in [1.82, 2.24) is 9.97 Å². The van der Waals surface area contributed by atoms with Gasteiger partial charge in [-0.1, -0.05) is 0 Å². The maximum atomic E-state index is 8.72. The van der Waals surface area contributed by atoms with Crippen molar-refractivity contribution in [2.24, 2.45) is 0 Å². The van der Waals surface area contributed by atoms with Crippen molar-refractivity contribution in [1.29, 1.82) is 5.26 Å². The van der Waals surface area contributed by atoms with Crippen molar-refractivity contribution in [3.63, 3.8) is 0 Å². The second-order valence-electron chi connectivity index (χ2n) is 4.10. The minimum absolute atomic E-state index is 0.228. The first-order valence-electron chi connectivity index (χ1n) is 6.17. The molecule has 96 valence electrons. The average molecular weight is 253 g/mol. The molecule has 0 saturated heterocycles. The van der Waals surface area contributed by atoms with Gasteiger partial charge in [-0.2, -0.15) is 5.26 Å². The molecule has 0 aliphatic heterocycles. The first-order chi connectivity index (χ1) is 9.22. The van der Waals surface area contributed by atoms with Crippen LogP contribution < -0.4 is 4.74 Å². The van der Waals surface area contributed by atoms with Crippen LogP contribution in [0.4, 0.5) is 0 Å². The summed E-state index contributed by atoms with van der Waals surface area (Å²) in [5.74, 6) is 1.40. The molecule has 2 rings (SSSR count). The molecule has 1 aromatic carbocycles. The van der Waals surface area contributed by atoms with E-state index >= 15 is 0 Å². The zero-order chi connectivity index (χ0) is 13.7. The van der Waals surface area contributed by atoms with E-state index in [1.165, 1.54) is 0 Å². The lowest BCUT2D eigenvalue weighted by Gasteiger charge is -2.06. The zero-order valence-electron chi connectivity index (χ0n) is 11.1. The van der Waals surface area contributed by atoms with Gasteiger partial charge in [0.2, 0.25) is 0 Å². The topological polar surface area (TPSA) is 58.8 Å². The molecule has 0 unspecified atom stereocenters. The lowest BCUT2D eigenvalue weighted by Crippen LogP contribution is -1.98. The van der Waals surface area contributed by atoms with Crippen LogP contribution >= 0.6 is 0 Å². The number of nitrogens with zero attached hydrogens (tertiary/aromatic N) is 3. The highest BCUT2D eigenvalue weighted by atomic mass is 16.5. The molecule has 1 heterocycles. The summed E-state index contributed by atoms with van der Waals surface area (Å²) in [6, 6.07) is 11.7. The Morgan fingerprint density at radius 2 is 1.95 bits per heavy atom. The van der Waals surface area contributed by atoms with Crippen LogP contribution in [0.15, 0.2) is 30.3 Å². The monoisotopic (exact) mass is 253 g/mol. The van der Waals surface area contributed by atoms with E-state index in [0.717, 1.165) is 22.7 Å². The largest absolute Gasteiger partial charge is 0.494 e. The molecule has 0 amide bonds. The van der Waals surface area contributed by atoms with E-state index < -0.39 is 0 Å². The second-order valence-corrected chi connectivity index (χ2v) is 4.10. The van der Waals surface area contributed by atoms with Gasteiger partial charge in [-0.05, 0) is 44.2 Å². The fourth-order valence-electron chi connectivity index (χ4n) is 1.82. The Hall–Kier alpha value is -2.41. The fourth-order valence-corrected chi connectivity index (χ4v) is 1.82. The number of hydrogen-bond acceptors (Lipinski definition) is 4. The summed E-state index contributed by atoms with van der Waals surface area (Å²) in [5.41, 5.74) is 2.69. The summed E-state index contributed by atoms with van der Waals surface area (Å²) in [5, 5.41) is 8.72. The quantitative estimate of drug-likeness (QED) is 0.840. The minimum Gasteiger partial charge on any atom is -0.494 e. The first kappa shape index (κ1) is 13.0. The lowest BCUT2D eigenvalue weighted by atomic mass is 10.1. The van der Waals surface area contributed by atoms with Crippen LogP contribution in [0.1, 0.15) is 18.4 Å². The Morgan fingerprint density at radius 1 is 1.21 bits per heavy atom. The maximum absolute atomic E-state index is 8.72. The van der Waals surface area contributed by atoms with Crippen molar-refractivity contribution in [3.05, 3.63) is 41.9 Å². The van der Waals surface area contributed by atoms with Crippen molar-refractivity contribution < 1.29 is 4.74 Å². The Balaban J connectivity index is 2.33. The highest BCUT2D eigenvalue weighted by Gasteiger charge is 2.05. The first-order valence-corrected chi connectivity index (χ1v) is 6.17. The van der Waals surface area contributed by atoms with Crippen LogP contribution in [-0.4, -0.2) is 16.6 Å². The summed E-state index contributed by atoms with van der Waals surface area (Å²) < 4.78 is 5.41. The third kappa shape index (κ3) is 3.29. The maximum Gasteiger partial charge on any atom is 0.143 e. The van der Waals surface area contributed by atoms with E-state index in [1.807, 2.05) is 44.2 Å². The van der Waals surface area contributed by atoms with Gasteiger partial charge in [0.25, 0.3) is 0 Å².